The van der Waals surface area contributed by atoms with Crippen molar-refractivity contribution < 1.29 is 8.42 Å². The molecule has 0 atom stereocenters. The molecule has 5 nitrogen and oxygen atoms in total. The second-order valence-electron chi connectivity index (χ2n) is 5.17. The molecule has 0 saturated heterocycles. The quantitative estimate of drug-likeness (QED) is 0.749. The predicted molar refractivity (Wildman–Crippen MR) is 86.5 cm³/mol. The first-order chi connectivity index (χ1) is 10.1. The highest BCUT2D eigenvalue weighted by Gasteiger charge is 2.24. The van der Waals surface area contributed by atoms with Gasteiger partial charge in [-0.3, -0.25) is 0 Å². The standard InChI is InChI=1S/C15H23N3O2S/c1-2-3-4-7-10-16-11-12-18-13-17-21(19,20)15-9-6-5-8-14(15)18/h5-6,8-9,13,16H,2-4,7,10-12H2,1H3. The minimum Gasteiger partial charge on any atom is -0.329 e. The lowest BCUT2D eigenvalue weighted by Gasteiger charge is -2.25. The Bertz CT molecular complexity index is 584. The van der Waals surface area contributed by atoms with E-state index < -0.39 is 10.0 Å². The third-order valence-electron chi connectivity index (χ3n) is 3.51. The van der Waals surface area contributed by atoms with Crippen LogP contribution in [-0.4, -0.2) is 34.4 Å². The van der Waals surface area contributed by atoms with Crippen LogP contribution < -0.4 is 10.2 Å². The number of unbranched alkanes of at least 4 members (excludes halogenated alkanes) is 3. The van der Waals surface area contributed by atoms with Crippen molar-refractivity contribution in [2.24, 2.45) is 4.40 Å². The largest absolute Gasteiger partial charge is 0.329 e. The van der Waals surface area contributed by atoms with Gasteiger partial charge in [0.1, 0.15) is 11.2 Å². The molecule has 1 aliphatic heterocycles. The molecule has 21 heavy (non-hydrogen) atoms. The maximum Gasteiger partial charge on any atom is 0.285 e. The molecule has 2 rings (SSSR count). The predicted octanol–water partition coefficient (Wildman–Crippen LogP) is 2.39. The van der Waals surface area contributed by atoms with Gasteiger partial charge in [0, 0.05) is 13.1 Å². The van der Waals surface area contributed by atoms with Crippen LogP contribution in [0, 0.1) is 0 Å². The van der Waals surface area contributed by atoms with E-state index >= 15 is 0 Å². The lowest BCUT2D eigenvalue weighted by molar-refractivity contribution is 0.593. The number of benzene rings is 1. The first-order valence-electron chi connectivity index (χ1n) is 7.52. The van der Waals surface area contributed by atoms with E-state index in [2.05, 4.69) is 16.6 Å². The summed E-state index contributed by atoms with van der Waals surface area (Å²) in [5.41, 5.74) is 0.709. The Morgan fingerprint density at radius 1 is 1.14 bits per heavy atom. The van der Waals surface area contributed by atoms with Crippen molar-refractivity contribution in [3.05, 3.63) is 24.3 Å². The van der Waals surface area contributed by atoms with E-state index in [9.17, 15) is 8.42 Å². The molecule has 1 N–H and O–H groups in total. The molecule has 0 spiro atoms. The van der Waals surface area contributed by atoms with Gasteiger partial charge in [0.2, 0.25) is 0 Å². The van der Waals surface area contributed by atoms with Gasteiger partial charge < -0.3 is 10.2 Å². The fourth-order valence-electron chi connectivity index (χ4n) is 2.33. The molecule has 1 aliphatic rings. The van der Waals surface area contributed by atoms with Gasteiger partial charge in [-0.05, 0) is 25.1 Å². The summed E-state index contributed by atoms with van der Waals surface area (Å²) in [4.78, 5) is 2.17. The van der Waals surface area contributed by atoms with E-state index in [1.165, 1.54) is 32.0 Å². The fraction of sp³-hybridized carbons (Fsp3) is 0.533. The Hall–Kier alpha value is -1.40. The third-order valence-corrected chi connectivity index (χ3v) is 4.79. The monoisotopic (exact) mass is 309 g/mol. The fourth-order valence-corrected chi connectivity index (χ4v) is 3.38. The first kappa shape index (κ1) is 16.0. The number of anilines is 1. The van der Waals surface area contributed by atoms with Gasteiger partial charge in [-0.15, -0.1) is 4.40 Å². The second kappa shape index (κ2) is 7.56. The molecule has 1 aromatic carbocycles. The summed E-state index contributed by atoms with van der Waals surface area (Å²) in [7, 11) is -3.51. The highest BCUT2D eigenvalue weighted by atomic mass is 32.2. The molecule has 1 aromatic rings. The molecule has 0 saturated carbocycles. The molecule has 1 heterocycles. The number of nitrogens with one attached hydrogen (secondary N) is 1. The van der Waals surface area contributed by atoms with Gasteiger partial charge in [-0.25, -0.2) is 0 Å². The Balaban J connectivity index is 1.85. The molecule has 0 aromatic heterocycles. The van der Waals surface area contributed by atoms with Crippen LogP contribution in [0.4, 0.5) is 5.69 Å². The molecule has 6 heteroatoms. The van der Waals surface area contributed by atoms with Crippen LogP contribution in [0.25, 0.3) is 0 Å². The molecule has 0 amide bonds. The summed E-state index contributed by atoms with van der Waals surface area (Å²) in [6.07, 6.45) is 6.39. The van der Waals surface area contributed by atoms with E-state index in [0.717, 1.165) is 13.1 Å². The number of hydrogen-bond donors (Lipinski definition) is 1. The summed E-state index contributed by atoms with van der Waals surface area (Å²) >= 11 is 0. The first-order valence-corrected chi connectivity index (χ1v) is 8.96. The van der Waals surface area contributed by atoms with E-state index in [1.54, 1.807) is 12.1 Å². The Morgan fingerprint density at radius 2 is 1.95 bits per heavy atom. The highest BCUT2D eigenvalue weighted by Crippen LogP contribution is 2.28. The van der Waals surface area contributed by atoms with E-state index in [1.807, 2.05) is 17.0 Å². The second-order valence-corrected chi connectivity index (χ2v) is 6.77. The zero-order valence-electron chi connectivity index (χ0n) is 12.5. The molecular formula is C15H23N3O2S. The van der Waals surface area contributed by atoms with Crippen LogP contribution in [-0.2, 0) is 10.0 Å². The zero-order valence-corrected chi connectivity index (χ0v) is 13.3. The highest BCUT2D eigenvalue weighted by molar-refractivity contribution is 7.90. The summed E-state index contributed by atoms with van der Waals surface area (Å²) in [5, 5.41) is 3.39. The van der Waals surface area contributed by atoms with Crippen LogP contribution in [0.15, 0.2) is 33.6 Å². The lowest BCUT2D eigenvalue weighted by atomic mass is 10.2. The molecule has 0 bridgehead atoms. The molecule has 0 radical (unpaired) electrons. The number of sulfonamides is 1. The topological polar surface area (TPSA) is 61.8 Å². The van der Waals surface area contributed by atoms with Crippen molar-refractivity contribution in [2.75, 3.05) is 24.5 Å². The molecule has 116 valence electrons. The van der Waals surface area contributed by atoms with E-state index in [4.69, 9.17) is 0 Å². The molecule has 0 fully saturated rings. The number of hydrogen-bond acceptors (Lipinski definition) is 4. The van der Waals surface area contributed by atoms with Crippen molar-refractivity contribution in [3.63, 3.8) is 0 Å². The van der Waals surface area contributed by atoms with E-state index in [0.29, 0.717) is 12.2 Å². The van der Waals surface area contributed by atoms with Crippen molar-refractivity contribution in [1.29, 1.82) is 0 Å². The van der Waals surface area contributed by atoms with Crippen LogP contribution >= 0.6 is 0 Å². The SMILES string of the molecule is CCCCCCNCCN1C=NS(=O)(=O)c2ccccc21. The third kappa shape index (κ3) is 4.28. The van der Waals surface area contributed by atoms with Crippen LogP contribution in [0.2, 0.25) is 0 Å². The molecule has 0 unspecified atom stereocenters. The van der Waals surface area contributed by atoms with Gasteiger partial charge in [0.15, 0.2) is 0 Å². The average Bonchev–Trinajstić information content (AvgIpc) is 2.49. The van der Waals surface area contributed by atoms with Gasteiger partial charge in [-0.1, -0.05) is 38.3 Å². The van der Waals surface area contributed by atoms with Crippen molar-refractivity contribution in [1.82, 2.24) is 5.32 Å². The van der Waals surface area contributed by atoms with E-state index in [-0.39, 0.29) is 4.90 Å². The Morgan fingerprint density at radius 3 is 2.76 bits per heavy atom. The number of fused-ring (bicyclic) bond motifs is 1. The van der Waals surface area contributed by atoms with Gasteiger partial charge >= 0.3 is 0 Å². The Kier molecular flexibility index (Phi) is 5.76. The summed E-state index contributed by atoms with van der Waals surface area (Å²) < 4.78 is 27.4. The summed E-state index contributed by atoms with van der Waals surface area (Å²) in [5.74, 6) is 0. The van der Waals surface area contributed by atoms with Gasteiger partial charge in [0.05, 0.1) is 5.69 Å². The lowest BCUT2D eigenvalue weighted by Crippen LogP contribution is -2.34. The molecule has 0 aliphatic carbocycles. The smallest absolute Gasteiger partial charge is 0.285 e. The Labute approximate surface area is 127 Å². The maximum absolute atomic E-state index is 11.9. The maximum atomic E-state index is 11.9. The van der Waals surface area contributed by atoms with Gasteiger partial charge in [0.25, 0.3) is 10.0 Å². The van der Waals surface area contributed by atoms with Crippen LogP contribution in [0.5, 0.6) is 0 Å². The molecular weight excluding hydrogens is 286 g/mol. The minimum atomic E-state index is -3.51. The van der Waals surface area contributed by atoms with Gasteiger partial charge in [-0.2, -0.15) is 8.42 Å². The summed E-state index contributed by atoms with van der Waals surface area (Å²) in [6, 6.07) is 6.99. The van der Waals surface area contributed by atoms with Crippen molar-refractivity contribution in [3.8, 4) is 0 Å². The van der Waals surface area contributed by atoms with Crippen LogP contribution in [0.3, 0.4) is 0 Å². The minimum absolute atomic E-state index is 0.287. The normalized spacial score (nSPS) is 16.0. The van der Waals surface area contributed by atoms with Crippen molar-refractivity contribution in [2.45, 2.75) is 37.5 Å². The number of rotatable bonds is 8. The zero-order chi connectivity index (χ0) is 15.1. The number of nitrogens with zero attached hydrogens (tertiary/aromatic N) is 2. The average molecular weight is 309 g/mol. The van der Waals surface area contributed by atoms with Crippen LogP contribution in [0.1, 0.15) is 32.6 Å². The summed E-state index contributed by atoms with van der Waals surface area (Å²) in [6.45, 7) is 4.73. The number of para-hydroxylation sites is 1. The van der Waals surface area contributed by atoms with Crippen molar-refractivity contribution >= 4 is 22.0 Å².